The fraction of sp³-hybridized carbons (Fsp3) is 0.556. The largest absolute Gasteiger partial charge is 0.381 e. The van der Waals surface area contributed by atoms with Gasteiger partial charge in [-0.25, -0.2) is 5.10 Å². The third-order valence-electron chi connectivity index (χ3n) is 2.28. The number of nitrogens with zero attached hydrogens (tertiary/aromatic N) is 1. The summed E-state index contributed by atoms with van der Waals surface area (Å²) in [6.07, 6.45) is 2.17. The number of H-pyrrole nitrogens is 1. The van der Waals surface area contributed by atoms with Crippen LogP contribution in [0.3, 0.4) is 0 Å². The molecule has 1 saturated heterocycles. The summed E-state index contributed by atoms with van der Waals surface area (Å²) < 4.78 is 5.33. The predicted octanol–water partition coefficient (Wildman–Crippen LogP) is 0.664. The molecule has 1 aromatic heterocycles. The van der Waals surface area contributed by atoms with Gasteiger partial charge in [0, 0.05) is 18.6 Å². The molecule has 0 saturated carbocycles. The van der Waals surface area contributed by atoms with E-state index in [-0.39, 0.29) is 5.56 Å². The van der Waals surface area contributed by atoms with Gasteiger partial charge < -0.3 is 4.74 Å². The Bertz CT molecular complexity index is 308. The molecule has 4 nitrogen and oxygen atoms in total. The van der Waals surface area contributed by atoms with Crippen molar-refractivity contribution >= 4 is 0 Å². The molecule has 1 aliphatic heterocycles. The van der Waals surface area contributed by atoms with E-state index >= 15 is 0 Å². The van der Waals surface area contributed by atoms with Crippen molar-refractivity contribution in [3.63, 3.8) is 0 Å². The molecule has 0 radical (unpaired) electrons. The van der Waals surface area contributed by atoms with Crippen LogP contribution in [0.25, 0.3) is 0 Å². The van der Waals surface area contributed by atoms with Gasteiger partial charge in [0.15, 0.2) is 0 Å². The highest BCUT2D eigenvalue weighted by Crippen LogP contribution is 2.22. The maximum absolute atomic E-state index is 10.8. The molecule has 1 aliphatic rings. The van der Waals surface area contributed by atoms with Gasteiger partial charge in [-0.2, -0.15) is 5.10 Å². The molecule has 1 unspecified atom stereocenters. The molecule has 13 heavy (non-hydrogen) atoms. The van der Waals surface area contributed by atoms with E-state index in [1.807, 2.05) is 0 Å². The minimum Gasteiger partial charge on any atom is -0.381 e. The SMILES string of the molecule is O=c1ccc(C2CCCOC2)n[nH]1. The zero-order chi connectivity index (χ0) is 9.10. The van der Waals surface area contributed by atoms with Crippen LogP contribution in [0.1, 0.15) is 24.5 Å². The Balaban J connectivity index is 2.14. The van der Waals surface area contributed by atoms with Crippen LogP contribution in [-0.2, 0) is 4.74 Å². The number of rotatable bonds is 1. The highest BCUT2D eigenvalue weighted by Gasteiger charge is 2.16. The van der Waals surface area contributed by atoms with Crippen molar-refractivity contribution in [2.24, 2.45) is 0 Å². The molecule has 1 N–H and O–H groups in total. The monoisotopic (exact) mass is 180 g/mol. The van der Waals surface area contributed by atoms with Crippen molar-refractivity contribution in [1.29, 1.82) is 0 Å². The molecule has 0 amide bonds. The fourth-order valence-electron chi connectivity index (χ4n) is 1.56. The average Bonchev–Trinajstić information content (AvgIpc) is 2.20. The van der Waals surface area contributed by atoms with Crippen LogP contribution >= 0.6 is 0 Å². The summed E-state index contributed by atoms with van der Waals surface area (Å²) in [5.41, 5.74) is 0.778. The number of aromatic nitrogens is 2. The summed E-state index contributed by atoms with van der Waals surface area (Å²) in [7, 11) is 0. The van der Waals surface area contributed by atoms with E-state index in [2.05, 4.69) is 10.2 Å². The molecule has 1 fully saturated rings. The van der Waals surface area contributed by atoms with Gasteiger partial charge in [0.05, 0.1) is 12.3 Å². The van der Waals surface area contributed by atoms with Crippen molar-refractivity contribution in [1.82, 2.24) is 10.2 Å². The van der Waals surface area contributed by atoms with Crippen LogP contribution in [0.5, 0.6) is 0 Å². The van der Waals surface area contributed by atoms with Crippen LogP contribution in [0, 0.1) is 0 Å². The van der Waals surface area contributed by atoms with E-state index in [1.165, 1.54) is 6.07 Å². The Kier molecular flexibility index (Phi) is 2.40. The molecule has 0 aromatic carbocycles. The standard InChI is InChI=1S/C9H12N2O2/c12-9-4-3-8(10-11-9)7-2-1-5-13-6-7/h3-4,7H,1-2,5-6H2,(H,11,12). The maximum atomic E-state index is 10.8. The Morgan fingerprint density at radius 3 is 3.08 bits per heavy atom. The zero-order valence-corrected chi connectivity index (χ0v) is 7.32. The van der Waals surface area contributed by atoms with Crippen LogP contribution in [0.2, 0.25) is 0 Å². The number of nitrogens with one attached hydrogen (secondary N) is 1. The second kappa shape index (κ2) is 3.70. The summed E-state index contributed by atoms with van der Waals surface area (Å²) in [5.74, 6) is 0.352. The molecule has 2 rings (SSSR count). The third kappa shape index (κ3) is 1.95. The van der Waals surface area contributed by atoms with E-state index in [1.54, 1.807) is 6.07 Å². The Labute approximate surface area is 75.9 Å². The summed E-state index contributed by atoms with van der Waals surface area (Å²) in [5, 5.41) is 6.42. The Morgan fingerprint density at radius 1 is 1.54 bits per heavy atom. The normalized spacial score (nSPS) is 22.9. The Hall–Kier alpha value is -1.16. The lowest BCUT2D eigenvalue weighted by Crippen LogP contribution is -2.18. The highest BCUT2D eigenvalue weighted by atomic mass is 16.5. The lowest BCUT2D eigenvalue weighted by atomic mass is 9.98. The van der Waals surface area contributed by atoms with Crippen LogP contribution in [-0.4, -0.2) is 23.4 Å². The van der Waals surface area contributed by atoms with Gasteiger partial charge >= 0.3 is 0 Å². The van der Waals surface area contributed by atoms with Crippen molar-refractivity contribution in [2.75, 3.05) is 13.2 Å². The minimum absolute atomic E-state index is 0.152. The molecule has 0 bridgehead atoms. The summed E-state index contributed by atoms with van der Waals surface area (Å²) in [6.45, 7) is 1.57. The minimum atomic E-state index is -0.152. The molecule has 1 atom stereocenters. The average molecular weight is 180 g/mol. The second-order valence-electron chi connectivity index (χ2n) is 3.26. The molecule has 4 heteroatoms. The first-order valence-electron chi connectivity index (χ1n) is 4.49. The van der Waals surface area contributed by atoms with Crippen molar-refractivity contribution in [2.45, 2.75) is 18.8 Å². The van der Waals surface area contributed by atoms with Gasteiger partial charge in [0.2, 0.25) is 0 Å². The molecule has 0 spiro atoms. The molecule has 70 valence electrons. The quantitative estimate of drug-likeness (QED) is 0.690. The van der Waals surface area contributed by atoms with Gasteiger partial charge in [-0.1, -0.05) is 0 Å². The van der Waals surface area contributed by atoms with E-state index in [4.69, 9.17) is 4.74 Å². The number of hydrogen-bond acceptors (Lipinski definition) is 3. The third-order valence-corrected chi connectivity index (χ3v) is 2.28. The van der Waals surface area contributed by atoms with Gasteiger partial charge in [0.1, 0.15) is 0 Å². The van der Waals surface area contributed by atoms with Crippen LogP contribution < -0.4 is 5.56 Å². The second-order valence-corrected chi connectivity index (χ2v) is 3.26. The van der Waals surface area contributed by atoms with Crippen molar-refractivity contribution in [3.8, 4) is 0 Å². The van der Waals surface area contributed by atoms with Crippen molar-refractivity contribution < 1.29 is 4.74 Å². The predicted molar refractivity (Wildman–Crippen MR) is 47.7 cm³/mol. The first-order chi connectivity index (χ1) is 6.36. The van der Waals surface area contributed by atoms with E-state index < -0.39 is 0 Å². The van der Waals surface area contributed by atoms with E-state index in [0.29, 0.717) is 5.92 Å². The van der Waals surface area contributed by atoms with Crippen LogP contribution in [0.15, 0.2) is 16.9 Å². The van der Waals surface area contributed by atoms with Gasteiger partial charge in [-0.3, -0.25) is 4.79 Å². The van der Waals surface area contributed by atoms with E-state index in [9.17, 15) is 4.79 Å². The summed E-state index contributed by atoms with van der Waals surface area (Å²) in [6, 6.07) is 3.29. The lowest BCUT2D eigenvalue weighted by Gasteiger charge is -2.20. The van der Waals surface area contributed by atoms with Gasteiger partial charge in [-0.15, -0.1) is 0 Å². The summed E-state index contributed by atoms with van der Waals surface area (Å²) in [4.78, 5) is 10.8. The zero-order valence-electron chi connectivity index (χ0n) is 7.32. The van der Waals surface area contributed by atoms with E-state index in [0.717, 1.165) is 31.7 Å². The van der Waals surface area contributed by atoms with Crippen molar-refractivity contribution in [3.05, 3.63) is 28.2 Å². The lowest BCUT2D eigenvalue weighted by molar-refractivity contribution is 0.0790. The smallest absolute Gasteiger partial charge is 0.264 e. The number of aromatic amines is 1. The highest BCUT2D eigenvalue weighted by molar-refractivity contribution is 5.06. The number of ether oxygens (including phenoxy) is 1. The molecule has 0 aliphatic carbocycles. The Morgan fingerprint density at radius 2 is 2.46 bits per heavy atom. The van der Waals surface area contributed by atoms with Gasteiger partial charge in [0.25, 0.3) is 5.56 Å². The first kappa shape index (κ1) is 8.44. The fourth-order valence-corrected chi connectivity index (χ4v) is 1.56. The molecule has 1 aromatic rings. The number of hydrogen-bond donors (Lipinski definition) is 1. The summed E-state index contributed by atoms with van der Waals surface area (Å²) >= 11 is 0. The maximum Gasteiger partial charge on any atom is 0.264 e. The molecular formula is C9H12N2O2. The topological polar surface area (TPSA) is 55.0 Å². The van der Waals surface area contributed by atoms with Crippen LogP contribution in [0.4, 0.5) is 0 Å². The van der Waals surface area contributed by atoms with Gasteiger partial charge in [-0.05, 0) is 18.9 Å². The molecule has 2 heterocycles. The molecular weight excluding hydrogens is 168 g/mol. The first-order valence-corrected chi connectivity index (χ1v) is 4.49.